The van der Waals surface area contributed by atoms with Crippen LogP contribution < -0.4 is 4.74 Å². The summed E-state index contributed by atoms with van der Waals surface area (Å²) in [7, 11) is 0. The SMILES string of the molecule is Fc1ccc(Br)c(COc2cc[c]cc2)c1. The Morgan fingerprint density at radius 1 is 1.19 bits per heavy atom. The summed E-state index contributed by atoms with van der Waals surface area (Å²) < 4.78 is 19.3. The van der Waals surface area contributed by atoms with Crippen molar-refractivity contribution in [3.8, 4) is 5.75 Å². The fourth-order valence-electron chi connectivity index (χ4n) is 1.28. The minimum Gasteiger partial charge on any atom is -0.489 e. The van der Waals surface area contributed by atoms with Gasteiger partial charge in [-0.05, 0) is 36.4 Å². The summed E-state index contributed by atoms with van der Waals surface area (Å²) in [4.78, 5) is 0. The smallest absolute Gasteiger partial charge is 0.123 e. The average Bonchev–Trinajstić information content (AvgIpc) is 2.32. The highest BCUT2D eigenvalue weighted by atomic mass is 79.9. The molecule has 1 nitrogen and oxygen atoms in total. The van der Waals surface area contributed by atoms with Gasteiger partial charge in [0.15, 0.2) is 0 Å². The number of halogens is 2. The number of hydrogen-bond donors (Lipinski definition) is 0. The molecule has 2 aromatic carbocycles. The van der Waals surface area contributed by atoms with E-state index in [1.807, 2.05) is 12.1 Å². The molecule has 3 heteroatoms. The lowest BCUT2D eigenvalue weighted by Crippen LogP contribution is -1.96. The third-order valence-corrected chi connectivity index (χ3v) is 2.86. The Morgan fingerprint density at radius 2 is 1.94 bits per heavy atom. The molecule has 0 spiro atoms. The highest BCUT2D eigenvalue weighted by Crippen LogP contribution is 2.20. The number of hydrogen-bond acceptors (Lipinski definition) is 1. The van der Waals surface area contributed by atoms with Crippen molar-refractivity contribution in [2.24, 2.45) is 0 Å². The van der Waals surface area contributed by atoms with Crippen molar-refractivity contribution in [1.29, 1.82) is 0 Å². The van der Waals surface area contributed by atoms with Gasteiger partial charge in [-0.25, -0.2) is 4.39 Å². The maximum absolute atomic E-state index is 13.0. The zero-order valence-corrected chi connectivity index (χ0v) is 10.00. The Kier molecular flexibility index (Phi) is 3.57. The number of rotatable bonds is 3. The van der Waals surface area contributed by atoms with Gasteiger partial charge < -0.3 is 4.74 Å². The Labute approximate surface area is 102 Å². The molecule has 0 heterocycles. The maximum Gasteiger partial charge on any atom is 0.123 e. The van der Waals surface area contributed by atoms with E-state index < -0.39 is 0 Å². The van der Waals surface area contributed by atoms with Gasteiger partial charge in [0.25, 0.3) is 0 Å². The molecular formula is C13H9BrFO. The van der Waals surface area contributed by atoms with Crippen LogP contribution in [0.15, 0.2) is 46.9 Å². The molecule has 0 amide bonds. The second-order valence-electron chi connectivity index (χ2n) is 3.26. The molecule has 2 aromatic rings. The molecular weight excluding hydrogens is 271 g/mol. The van der Waals surface area contributed by atoms with E-state index in [-0.39, 0.29) is 5.82 Å². The Balaban J connectivity index is 2.08. The second kappa shape index (κ2) is 5.12. The van der Waals surface area contributed by atoms with Crippen molar-refractivity contribution < 1.29 is 9.13 Å². The lowest BCUT2D eigenvalue weighted by molar-refractivity contribution is 0.305. The topological polar surface area (TPSA) is 9.23 Å². The number of ether oxygens (including phenoxy) is 1. The highest BCUT2D eigenvalue weighted by molar-refractivity contribution is 9.10. The Bertz CT molecular complexity index is 471. The fourth-order valence-corrected chi connectivity index (χ4v) is 1.64. The van der Waals surface area contributed by atoms with E-state index in [1.54, 1.807) is 18.2 Å². The fraction of sp³-hybridized carbons (Fsp3) is 0.0769. The molecule has 0 aliphatic heterocycles. The van der Waals surface area contributed by atoms with E-state index in [9.17, 15) is 4.39 Å². The summed E-state index contributed by atoms with van der Waals surface area (Å²) >= 11 is 3.35. The summed E-state index contributed by atoms with van der Waals surface area (Å²) in [5.74, 6) is 0.484. The van der Waals surface area contributed by atoms with Gasteiger partial charge in [0.05, 0.1) is 0 Å². The molecule has 0 unspecified atom stereocenters. The molecule has 2 rings (SSSR count). The summed E-state index contributed by atoms with van der Waals surface area (Å²) in [5.41, 5.74) is 0.785. The molecule has 81 valence electrons. The van der Waals surface area contributed by atoms with Gasteiger partial charge in [0, 0.05) is 10.0 Å². The standard InChI is InChI=1S/C13H9BrFO/c14-13-7-6-11(15)8-10(13)9-16-12-4-2-1-3-5-12/h2-8H,9H2. The van der Waals surface area contributed by atoms with Crippen LogP contribution in [0.25, 0.3) is 0 Å². The molecule has 0 saturated carbocycles. The van der Waals surface area contributed by atoms with Crippen molar-refractivity contribution in [2.75, 3.05) is 0 Å². The van der Waals surface area contributed by atoms with Crippen LogP contribution >= 0.6 is 15.9 Å². The molecule has 1 radical (unpaired) electrons. The lowest BCUT2D eigenvalue weighted by atomic mass is 10.2. The third kappa shape index (κ3) is 2.83. The van der Waals surface area contributed by atoms with Crippen LogP contribution in [0.3, 0.4) is 0 Å². The van der Waals surface area contributed by atoms with Crippen molar-refractivity contribution >= 4 is 15.9 Å². The summed E-state index contributed by atoms with van der Waals surface area (Å²) in [6.45, 7) is 0.336. The van der Waals surface area contributed by atoms with Crippen LogP contribution in [0.5, 0.6) is 5.75 Å². The summed E-state index contributed by atoms with van der Waals surface area (Å²) in [6.07, 6.45) is 0. The molecule has 0 fully saturated rings. The minimum atomic E-state index is -0.261. The molecule has 0 atom stereocenters. The van der Waals surface area contributed by atoms with E-state index in [1.165, 1.54) is 12.1 Å². The van der Waals surface area contributed by atoms with E-state index >= 15 is 0 Å². The zero-order chi connectivity index (χ0) is 11.4. The molecule has 16 heavy (non-hydrogen) atoms. The van der Waals surface area contributed by atoms with Gasteiger partial charge in [0.1, 0.15) is 18.2 Å². The van der Waals surface area contributed by atoms with Gasteiger partial charge in [-0.15, -0.1) is 0 Å². The van der Waals surface area contributed by atoms with Crippen LogP contribution in [0.1, 0.15) is 5.56 Å². The molecule has 0 aliphatic rings. The first kappa shape index (κ1) is 11.1. The van der Waals surface area contributed by atoms with Gasteiger partial charge in [-0.2, -0.15) is 0 Å². The van der Waals surface area contributed by atoms with Gasteiger partial charge in [-0.3, -0.25) is 0 Å². The van der Waals surface area contributed by atoms with Gasteiger partial charge >= 0.3 is 0 Å². The molecule has 0 aromatic heterocycles. The van der Waals surface area contributed by atoms with Crippen molar-refractivity contribution in [3.05, 3.63) is 64.4 Å². The van der Waals surface area contributed by atoms with Gasteiger partial charge in [0.2, 0.25) is 0 Å². The van der Waals surface area contributed by atoms with E-state index in [4.69, 9.17) is 4.74 Å². The average molecular weight is 280 g/mol. The first-order chi connectivity index (χ1) is 7.75. The van der Waals surface area contributed by atoms with Crippen LogP contribution in [-0.4, -0.2) is 0 Å². The Morgan fingerprint density at radius 3 is 2.69 bits per heavy atom. The number of benzene rings is 2. The first-order valence-electron chi connectivity index (χ1n) is 4.78. The monoisotopic (exact) mass is 279 g/mol. The van der Waals surface area contributed by atoms with Crippen molar-refractivity contribution in [1.82, 2.24) is 0 Å². The highest BCUT2D eigenvalue weighted by Gasteiger charge is 2.02. The summed E-state index contributed by atoms with van der Waals surface area (Å²) in [5, 5.41) is 0. The quantitative estimate of drug-likeness (QED) is 0.826. The van der Waals surface area contributed by atoms with Crippen LogP contribution in [0.2, 0.25) is 0 Å². The van der Waals surface area contributed by atoms with Crippen LogP contribution in [0, 0.1) is 11.9 Å². The molecule has 0 saturated heterocycles. The van der Waals surface area contributed by atoms with E-state index in [0.717, 1.165) is 15.8 Å². The van der Waals surface area contributed by atoms with E-state index in [0.29, 0.717) is 6.61 Å². The predicted molar refractivity (Wildman–Crippen MR) is 63.7 cm³/mol. The second-order valence-corrected chi connectivity index (χ2v) is 4.11. The lowest BCUT2D eigenvalue weighted by Gasteiger charge is -2.07. The third-order valence-electron chi connectivity index (χ3n) is 2.09. The first-order valence-corrected chi connectivity index (χ1v) is 5.58. The zero-order valence-electron chi connectivity index (χ0n) is 8.41. The minimum absolute atomic E-state index is 0.261. The largest absolute Gasteiger partial charge is 0.489 e. The van der Waals surface area contributed by atoms with Crippen molar-refractivity contribution in [2.45, 2.75) is 6.61 Å². The van der Waals surface area contributed by atoms with Crippen LogP contribution in [-0.2, 0) is 6.61 Å². The van der Waals surface area contributed by atoms with Gasteiger partial charge in [-0.1, -0.05) is 28.1 Å². The molecule has 0 bridgehead atoms. The maximum atomic E-state index is 13.0. The van der Waals surface area contributed by atoms with Crippen LogP contribution in [0.4, 0.5) is 4.39 Å². The van der Waals surface area contributed by atoms with E-state index in [2.05, 4.69) is 22.0 Å². The Hall–Kier alpha value is -1.35. The molecule has 0 aliphatic carbocycles. The molecule has 0 N–H and O–H groups in total. The summed E-state index contributed by atoms with van der Waals surface area (Å²) in [6, 6.07) is 14.6. The van der Waals surface area contributed by atoms with Crippen molar-refractivity contribution in [3.63, 3.8) is 0 Å². The normalized spacial score (nSPS) is 10.1. The predicted octanol–water partition coefficient (Wildman–Crippen LogP) is 3.97.